The zero-order chi connectivity index (χ0) is 13.4. The van der Waals surface area contributed by atoms with Gasteiger partial charge in [0, 0.05) is 5.41 Å². The number of aromatic nitrogens is 4. The number of hydrogen-bond acceptors (Lipinski definition) is 3. The van der Waals surface area contributed by atoms with Crippen LogP contribution in [0.5, 0.6) is 0 Å². The van der Waals surface area contributed by atoms with Gasteiger partial charge in [0.25, 0.3) is 0 Å². The summed E-state index contributed by atoms with van der Waals surface area (Å²) in [5, 5.41) is 14.5. The van der Waals surface area contributed by atoms with Crippen LogP contribution < -0.4 is 0 Å². The predicted molar refractivity (Wildman–Crippen MR) is 74.4 cm³/mol. The number of rotatable bonds is 9. The molecule has 0 saturated carbocycles. The maximum Gasteiger partial charge on any atom is 0.180 e. The third kappa shape index (κ3) is 4.39. The smallest absolute Gasteiger partial charge is 0.177 e. The van der Waals surface area contributed by atoms with Gasteiger partial charge in [-0.3, -0.25) is 0 Å². The number of nitrogens with one attached hydrogen (secondary N) is 1. The Morgan fingerprint density at radius 3 is 2.39 bits per heavy atom. The minimum absolute atomic E-state index is 0.0103. The lowest BCUT2D eigenvalue weighted by Gasteiger charge is -2.28. The van der Waals surface area contributed by atoms with Gasteiger partial charge in [-0.1, -0.05) is 71.4 Å². The summed E-state index contributed by atoms with van der Waals surface area (Å²) in [7, 11) is 0. The summed E-state index contributed by atoms with van der Waals surface area (Å²) in [4.78, 5) is 0. The summed E-state index contributed by atoms with van der Waals surface area (Å²) in [5.41, 5.74) is 0.0103. The van der Waals surface area contributed by atoms with Crippen molar-refractivity contribution in [2.24, 2.45) is 5.92 Å². The highest BCUT2D eigenvalue weighted by Gasteiger charge is 2.31. The predicted octanol–water partition coefficient (Wildman–Crippen LogP) is 3.86. The van der Waals surface area contributed by atoms with Gasteiger partial charge >= 0.3 is 0 Å². The molecule has 0 fully saturated rings. The fourth-order valence-electron chi connectivity index (χ4n) is 2.25. The van der Waals surface area contributed by atoms with Crippen molar-refractivity contribution in [2.45, 2.75) is 78.1 Å². The van der Waals surface area contributed by atoms with E-state index in [2.05, 4.69) is 48.3 Å². The molecule has 1 atom stereocenters. The van der Waals surface area contributed by atoms with E-state index in [9.17, 15) is 0 Å². The molecular formula is C14H28N4. The van der Waals surface area contributed by atoms with Crippen LogP contribution in [-0.4, -0.2) is 20.6 Å². The molecule has 4 nitrogen and oxygen atoms in total. The number of aromatic amines is 1. The van der Waals surface area contributed by atoms with Crippen LogP contribution in [0.3, 0.4) is 0 Å². The molecule has 1 unspecified atom stereocenters. The molecule has 0 aliphatic heterocycles. The Hall–Kier alpha value is -0.930. The molecule has 0 radical (unpaired) electrons. The zero-order valence-electron chi connectivity index (χ0n) is 12.4. The van der Waals surface area contributed by atoms with Crippen molar-refractivity contribution < 1.29 is 0 Å². The van der Waals surface area contributed by atoms with Crippen LogP contribution >= 0.6 is 0 Å². The monoisotopic (exact) mass is 252 g/mol. The summed E-state index contributed by atoms with van der Waals surface area (Å²) in [6, 6.07) is 0. The Morgan fingerprint density at radius 2 is 1.78 bits per heavy atom. The minimum Gasteiger partial charge on any atom is -0.177 e. The van der Waals surface area contributed by atoms with Crippen molar-refractivity contribution >= 4 is 0 Å². The van der Waals surface area contributed by atoms with Crippen molar-refractivity contribution in [1.29, 1.82) is 0 Å². The van der Waals surface area contributed by atoms with Gasteiger partial charge in [-0.05, 0) is 12.3 Å². The Labute approximate surface area is 111 Å². The molecule has 1 rings (SSSR count). The van der Waals surface area contributed by atoms with Gasteiger partial charge in [0.15, 0.2) is 5.82 Å². The molecular weight excluding hydrogens is 224 g/mol. The van der Waals surface area contributed by atoms with Crippen LogP contribution in [0.2, 0.25) is 0 Å². The average Bonchev–Trinajstić information content (AvgIpc) is 2.87. The quantitative estimate of drug-likeness (QED) is 0.679. The first-order valence-corrected chi connectivity index (χ1v) is 7.33. The molecule has 4 heteroatoms. The minimum atomic E-state index is 0.0103. The molecule has 1 heterocycles. The lowest BCUT2D eigenvalue weighted by Crippen LogP contribution is -2.28. The first-order valence-electron chi connectivity index (χ1n) is 7.33. The van der Waals surface area contributed by atoms with Gasteiger partial charge in [0.2, 0.25) is 0 Å². The molecule has 1 N–H and O–H groups in total. The van der Waals surface area contributed by atoms with Crippen LogP contribution in [0.1, 0.15) is 78.5 Å². The highest BCUT2D eigenvalue weighted by molar-refractivity contribution is 5.01. The maximum atomic E-state index is 4.13. The van der Waals surface area contributed by atoms with Crippen LogP contribution in [0.15, 0.2) is 0 Å². The third-order valence-electron chi connectivity index (χ3n) is 4.14. The Balaban J connectivity index is 2.25. The number of nitrogens with zero attached hydrogens (tertiary/aromatic N) is 3. The molecule has 1 aromatic heterocycles. The topological polar surface area (TPSA) is 54.5 Å². The van der Waals surface area contributed by atoms with Crippen LogP contribution in [-0.2, 0) is 5.41 Å². The molecule has 0 saturated heterocycles. The Morgan fingerprint density at radius 1 is 1.11 bits per heavy atom. The highest BCUT2D eigenvalue weighted by Crippen LogP contribution is 2.32. The van der Waals surface area contributed by atoms with Crippen LogP contribution in [0.4, 0.5) is 0 Å². The lowest BCUT2D eigenvalue weighted by molar-refractivity contribution is 0.298. The third-order valence-corrected chi connectivity index (χ3v) is 4.14. The highest BCUT2D eigenvalue weighted by atomic mass is 15.5. The van der Waals surface area contributed by atoms with Crippen LogP contribution in [0, 0.1) is 5.92 Å². The average molecular weight is 252 g/mol. The Kier molecular flexibility index (Phi) is 6.30. The van der Waals surface area contributed by atoms with Gasteiger partial charge in [0.1, 0.15) is 0 Å². The first-order chi connectivity index (χ1) is 8.59. The second-order valence-corrected chi connectivity index (χ2v) is 5.91. The molecule has 18 heavy (non-hydrogen) atoms. The van der Waals surface area contributed by atoms with Crippen molar-refractivity contribution in [3.8, 4) is 0 Å². The molecule has 0 spiro atoms. The second kappa shape index (κ2) is 7.49. The van der Waals surface area contributed by atoms with Crippen molar-refractivity contribution in [1.82, 2.24) is 20.6 Å². The molecule has 0 amide bonds. The van der Waals surface area contributed by atoms with Crippen molar-refractivity contribution in [2.75, 3.05) is 0 Å². The van der Waals surface area contributed by atoms with Gasteiger partial charge < -0.3 is 0 Å². The summed E-state index contributed by atoms with van der Waals surface area (Å²) < 4.78 is 0. The van der Waals surface area contributed by atoms with E-state index in [0.717, 1.165) is 5.82 Å². The normalized spacial score (nSPS) is 13.8. The van der Waals surface area contributed by atoms with Gasteiger partial charge in [0.05, 0.1) is 0 Å². The largest absolute Gasteiger partial charge is 0.180 e. The summed E-state index contributed by atoms with van der Waals surface area (Å²) in [6.07, 6.45) is 9.37. The van der Waals surface area contributed by atoms with Gasteiger partial charge in [-0.25, -0.2) is 0 Å². The molecule has 0 bridgehead atoms. The SMILES string of the molecule is CCCCCCCCC(C)C(C)(C)c1nn[nH]n1. The maximum absolute atomic E-state index is 4.13. The summed E-state index contributed by atoms with van der Waals surface area (Å²) in [6.45, 7) is 8.97. The Bertz CT molecular complexity index is 306. The lowest BCUT2D eigenvalue weighted by atomic mass is 9.76. The van der Waals surface area contributed by atoms with E-state index < -0.39 is 0 Å². The number of tetrazole rings is 1. The van der Waals surface area contributed by atoms with Crippen molar-refractivity contribution in [3.63, 3.8) is 0 Å². The van der Waals surface area contributed by atoms with Gasteiger partial charge in [-0.15, -0.1) is 10.2 Å². The van der Waals surface area contributed by atoms with E-state index in [1.807, 2.05) is 0 Å². The summed E-state index contributed by atoms with van der Waals surface area (Å²) in [5.74, 6) is 1.42. The molecule has 1 aromatic rings. The number of hydrogen-bond donors (Lipinski definition) is 1. The van der Waals surface area contributed by atoms with Crippen LogP contribution in [0.25, 0.3) is 0 Å². The summed E-state index contributed by atoms with van der Waals surface area (Å²) >= 11 is 0. The van der Waals surface area contributed by atoms with E-state index in [1.54, 1.807) is 0 Å². The fraction of sp³-hybridized carbons (Fsp3) is 0.929. The van der Waals surface area contributed by atoms with E-state index in [4.69, 9.17) is 0 Å². The number of unbranched alkanes of at least 4 members (excludes halogenated alkanes) is 5. The van der Waals surface area contributed by atoms with E-state index in [1.165, 1.54) is 44.9 Å². The second-order valence-electron chi connectivity index (χ2n) is 5.91. The molecule has 0 aromatic carbocycles. The molecule has 104 valence electrons. The van der Waals surface area contributed by atoms with E-state index in [-0.39, 0.29) is 5.41 Å². The van der Waals surface area contributed by atoms with Gasteiger partial charge in [-0.2, -0.15) is 5.21 Å². The fourth-order valence-corrected chi connectivity index (χ4v) is 2.25. The zero-order valence-corrected chi connectivity index (χ0v) is 12.4. The molecule has 0 aliphatic rings. The van der Waals surface area contributed by atoms with Crippen molar-refractivity contribution in [3.05, 3.63) is 5.82 Å². The molecule has 0 aliphatic carbocycles. The van der Waals surface area contributed by atoms with E-state index >= 15 is 0 Å². The standard InChI is InChI=1S/C14H28N4/c1-5-6-7-8-9-10-11-12(2)14(3,4)13-15-17-18-16-13/h12H,5-11H2,1-4H3,(H,15,16,17,18). The first kappa shape index (κ1) is 15.1. The van der Waals surface area contributed by atoms with E-state index in [0.29, 0.717) is 5.92 Å². The number of H-pyrrole nitrogens is 1.